The maximum Gasteiger partial charge on any atom is 0.265 e. The molecule has 1 aliphatic carbocycles. The molecule has 0 aliphatic heterocycles. The highest BCUT2D eigenvalue weighted by Crippen LogP contribution is 2.30. The second-order valence-corrected chi connectivity index (χ2v) is 8.31. The van der Waals surface area contributed by atoms with Crippen molar-refractivity contribution in [3.8, 4) is 0 Å². The fraction of sp³-hybridized carbons (Fsp3) is 0.455. The molecule has 0 N–H and O–H groups in total. The summed E-state index contributed by atoms with van der Waals surface area (Å²) in [4.78, 5) is 27.9. The first kappa shape index (κ1) is 17.3. The van der Waals surface area contributed by atoms with Crippen LogP contribution in [0, 0.1) is 5.92 Å². The molecule has 0 saturated heterocycles. The molecular weight excluding hydrogens is 350 g/mol. The molecule has 1 fully saturated rings. The van der Waals surface area contributed by atoms with E-state index in [1.165, 1.54) is 12.8 Å². The summed E-state index contributed by atoms with van der Waals surface area (Å²) in [7, 11) is 0. The molecule has 0 amide bonds. The van der Waals surface area contributed by atoms with E-state index in [9.17, 15) is 4.79 Å². The van der Waals surface area contributed by atoms with Crippen molar-refractivity contribution in [3.63, 3.8) is 0 Å². The molecule has 1 saturated carbocycles. The standard InChI is InChI=1S/C22H25N5O/c1-14(2)11-12-26-20-18(22(28)27(13-23-20)15-7-3-4-8-15)19-21(26)25-17-10-6-5-9-16(17)24-19/h5-6,9-10,13-15H,3-4,7-8,11-12H2,1-2H3. The monoisotopic (exact) mass is 375 g/mol. The van der Waals surface area contributed by atoms with Gasteiger partial charge in [0.15, 0.2) is 11.3 Å². The average molecular weight is 375 g/mol. The highest BCUT2D eigenvalue weighted by Gasteiger charge is 2.23. The van der Waals surface area contributed by atoms with Crippen molar-refractivity contribution in [1.29, 1.82) is 0 Å². The highest BCUT2D eigenvalue weighted by molar-refractivity contribution is 6.04. The fourth-order valence-corrected chi connectivity index (χ4v) is 4.36. The number of nitrogens with zero attached hydrogens (tertiary/aromatic N) is 5. The number of fused-ring (bicyclic) bond motifs is 4. The summed E-state index contributed by atoms with van der Waals surface area (Å²) in [6.45, 7) is 5.19. The van der Waals surface area contributed by atoms with Gasteiger partial charge < -0.3 is 4.57 Å². The third kappa shape index (κ3) is 2.70. The lowest BCUT2D eigenvalue weighted by atomic mass is 10.1. The van der Waals surface area contributed by atoms with Crippen molar-refractivity contribution in [2.24, 2.45) is 5.92 Å². The largest absolute Gasteiger partial charge is 0.308 e. The topological polar surface area (TPSA) is 65.6 Å². The predicted molar refractivity (Wildman–Crippen MR) is 112 cm³/mol. The second kappa shape index (κ2) is 6.69. The molecule has 28 heavy (non-hydrogen) atoms. The summed E-state index contributed by atoms with van der Waals surface area (Å²) in [6.07, 6.45) is 7.19. The minimum Gasteiger partial charge on any atom is -0.308 e. The van der Waals surface area contributed by atoms with E-state index in [0.717, 1.165) is 42.5 Å². The van der Waals surface area contributed by atoms with Crippen molar-refractivity contribution >= 4 is 33.2 Å². The van der Waals surface area contributed by atoms with Gasteiger partial charge in [0.05, 0.1) is 11.0 Å². The van der Waals surface area contributed by atoms with Gasteiger partial charge in [-0.2, -0.15) is 0 Å². The van der Waals surface area contributed by atoms with Gasteiger partial charge in [-0.25, -0.2) is 15.0 Å². The van der Waals surface area contributed by atoms with Crippen LogP contribution in [0.1, 0.15) is 52.0 Å². The third-order valence-corrected chi connectivity index (χ3v) is 5.92. The van der Waals surface area contributed by atoms with E-state index >= 15 is 0 Å². The number of aryl methyl sites for hydroxylation is 1. The molecular formula is C22H25N5O. The zero-order valence-corrected chi connectivity index (χ0v) is 16.4. The van der Waals surface area contributed by atoms with Crippen LogP contribution in [0.2, 0.25) is 0 Å². The molecule has 5 rings (SSSR count). The molecule has 3 aromatic heterocycles. The Bertz CT molecular complexity index is 1230. The maximum absolute atomic E-state index is 13.5. The summed E-state index contributed by atoms with van der Waals surface area (Å²) in [5, 5.41) is 0.617. The number of hydrogen-bond donors (Lipinski definition) is 0. The van der Waals surface area contributed by atoms with Crippen LogP contribution in [0.15, 0.2) is 35.4 Å². The molecule has 4 aromatic rings. The summed E-state index contributed by atoms with van der Waals surface area (Å²) >= 11 is 0. The Kier molecular flexibility index (Phi) is 4.14. The lowest BCUT2D eigenvalue weighted by Crippen LogP contribution is -2.24. The molecule has 0 radical (unpaired) electrons. The van der Waals surface area contributed by atoms with Gasteiger partial charge in [0, 0.05) is 12.6 Å². The van der Waals surface area contributed by atoms with Crippen LogP contribution in [-0.4, -0.2) is 24.1 Å². The molecule has 3 heterocycles. The molecule has 0 unspecified atom stereocenters. The Hall–Kier alpha value is -2.76. The number of para-hydroxylation sites is 2. The van der Waals surface area contributed by atoms with Crippen molar-refractivity contribution in [1.82, 2.24) is 24.1 Å². The van der Waals surface area contributed by atoms with Crippen LogP contribution in [0.4, 0.5) is 0 Å². The lowest BCUT2D eigenvalue weighted by Gasteiger charge is -2.13. The Morgan fingerprint density at radius 1 is 1.07 bits per heavy atom. The fourth-order valence-electron chi connectivity index (χ4n) is 4.36. The zero-order chi connectivity index (χ0) is 19.3. The van der Waals surface area contributed by atoms with Gasteiger partial charge in [0.1, 0.15) is 17.2 Å². The van der Waals surface area contributed by atoms with E-state index in [2.05, 4.69) is 18.4 Å². The van der Waals surface area contributed by atoms with E-state index in [-0.39, 0.29) is 11.6 Å². The molecule has 1 aromatic carbocycles. The summed E-state index contributed by atoms with van der Waals surface area (Å²) in [5.41, 5.74) is 3.85. The Morgan fingerprint density at radius 2 is 1.79 bits per heavy atom. The van der Waals surface area contributed by atoms with Crippen LogP contribution < -0.4 is 5.56 Å². The van der Waals surface area contributed by atoms with Gasteiger partial charge in [0.25, 0.3) is 5.56 Å². The molecule has 144 valence electrons. The van der Waals surface area contributed by atoms with Gasteiger partial charge in [-0.15, -0.1) is 0 Å². The normalized spacial score (nSPS) is 15.5. The van der Waals surface area contributed by atoms with Crippen LogP contribution in [0.5, 0.6) is 0 Å². The van der Waals surface area contributed by atoms with Gasteiger partial charge in [-0.3, -0.25) is 9.36 Å². The smallest absolute Gasteiger partial charge is 0.265 e. The minimum absolute atomic E-state index is 0.0229. The van der Waals surface area contributed by atoms with Crippen LogP contribution in [0.3, 0.4) is 0 Å². The average Bonchev–Trinajstić information content (AvgIpc) is 3.31. The summed E-state index contributed by atoms with van der Waals surface area (Å²) in [6, 6.07) is 8.10. The molecule has 6 nitrogen and oxygen atoms in total. The van der Waals surface area contributed by atoms with Crippen LogP contribution in [-0.2, 0) is 6.54 Å². The molecule has 1 aliphatic rings. The van der Waals surface area contributed by atoms with Gasteiger partial charge in [-0.1, -0.05) is 38.8 Å². The van der Waals surface area contributed by atoms with Crippen molar-refractivity contribution in [3.05, 3.63) is 40.9 Å². The summed E-state index contributed by atoms with van der Waals surface area (Å²) < 4.78 is 3.92. The van der Waals surface area contributed by atoms with Crippen molar-refractivity contribution < 1.29 is 0 Å². The highest BCUT2D eigenvalue weighted by atomic mass is 16.1. The van der Waals surface area contributed by atoms with E-state index < -0.39 is 0 Å². The van der Waals surface area contributed by atoms with E-state index in [4.69, 9.17) is 15.0 Å². The van der Waals surface area contributed by atoms with Gasteiger partial charge >= 0.3 is 0 Å². The van der Waals surface area contributed by atoms with Crippen LogP contribution in [0.25, 0.3) is 33.2 Å². The number of hydrogen-bond acceptors (Lipinski definition) is 4. The van der Waals surface area contributed by atoms with Gasteiger partial charge in [0.2, 0.25) is 0 Å². The molecule has 6 heteroatoms. The first-order valence-corrected chi connectivity index (χ1v) is 10.3. The minimum atomic E-state index is 0.0229. The van der Waals surface area contributed by atoms with Gasteiger partial charge in [-0.05, 0) is 37.3 Å². The predicted octanol–water partition coefficient (Wildman–Crippen LogP) is 4.46. The zero-order valence-electron chi connectivity index (χ0n) is 16.4. The summed E-state index contributed by atoms with van der Waals surface area (Å²) in [5.74, 6) is 0.555. The number of rotatable bonds is 4. The Labute approximate surface area is 163 Å². The molecule has 0 spiro atoms. The Morgan fingerprint density at radius 3 is 2.50 bits per heavy atom. The van der Waals surface area contributed by atoms with Crippen LogP contribution >= 0.6 is 0 Å². The number of aromatic nitrogens is 5. The van der Waals surface area contributed by atoms with E-state index in [1.54, 1.807) is 6.33 Å². The SMILES string of the molecule is CC(C)CCn1c2nc3ccccc3nc2c2c(=O)n(C3CCCC3)cnc21. The molecule has 0 bridgehead atoms. The molecule has 0 atom stereocenters. The van der Waals surface area contributed by atoms with Crippen molar-refractivity contribution in [2.75, 3.05) is 0 Å². The van der Waals surface area contributed by atoms with Crippen molar-refractivity contribution in [2.45, 2.75) is 58.5 Å². The second-order valence-electron chi connectivity index (χ2n) is 8.31. The van der Waals surface area contributed by atoms with E-state index in [0.29, 0.717) is 22.5 Å². The quantitative estimate of drug-likeness (QED) is 0.528. The number of benzene rings is 1. The lowest BCUT2D eigenvalue weighted by molar-refractivity contribution is 0.497. The first-order valence-electron chi connectivity index (χ1n) is 10.3. The van der Waals surface area contributed by atoms with E-state index in [1.807, 2.05) is 28.8 Å². The Balaban J connectivity index is 1.83. The first-order chi connectivity index (χ1) is 13.6. The third-order valence-electron chi connectivity index (χ3n) is 5.92. The maximum atomic E-state index is 13.5.